The molecule has 148 valence electrons. The fourth-order valence-corrected chi connectivity index (χ4v) is 3.72. The van der Waals surface area contributed by atoms with E-state index in [1.807, 2.05) is 30.3 Å². The fraction of sp³-hybridized carbons (Fsp3) is 0. The summed E-state index contributed by atoms with van der Waals surface area (Å²) in [6.45, 7) is 0. The van der Waals surface area contributed by atoms with Crippen molar-refractivity contribution in [1.82, 2.24) is 4.98 Å². The molecule has 0 bridgehead atoms. The van der Waals surface area contributed by atoms with E-state index in [1.165, 1.54) is 24.3 Å². The van der Waals surface area contributed by atoms with Crippen LogP contribution in [0.25, 0.3) is 28.1 Å². The zero-order valence-electron chi connectivity index (χ0n) is 15.5. The van der Waals surface area contributed by atoms with Gasteiger partial charge in [-0.05, 0) is 48.0 Å². The number of hydrogen-bond acceptors (Lipinski definition) is 2. The molecule has 0 spiro atoms. The Morgan fingerprint density at radius 1 is 0.967 bits per heavy atom. The zero-order chi connectivity index (χ0) is 21.3. The van der Waals surface area contributed by atoms with Crippen LogP contribution < -0.4 is 5.56 Å². The Labute approximate surface area is 181 Å². The number of aromatic amines is 1. The van der Waals surface area contributed by atoms with Gasteiger partial charge < -0.3 is 4.98 Å². The van der Waals surface area contributed by atoms with Crippen LogP contribution in [0.2, 0.25) is 10.0 Å². The van der Waals surface area contributed by atoms with E-state index in [4.69, 9.17) is 23.2 Å². The maximum absolute atomic E-state index is 14.0. The third kappa shape index (κ3) is 3.80. The van der Waals surface area contributed by atoms with E-state index in [9.17, 15) is 14.0 Å². The van der Waals surface area contributed by atoms with Gasteiger partial charge in [-0.1, -0.05) is 59.6 Å². The van der Waals surface area contributed by atoms with Crippen molar-refractivity contribution in [3.63, 3.8) is 0 Å². The van der Waals surface area contributed by atoms with E-state index in [2.05, 4.69) is 4.98 Å². The summed E-state index contributed by atoms with van der Waals surface area (Å²) in [7, 11) is 0. The molecule has 6 heteroatoms. The lowest BCUT2D eigenvalue weighted by Gasteiger charge is -2.12. The Hall–Kier alpha value is -3.21. The van der Waals surface area contributed by atoms with Gasteiger partial charge >= 0.3 is 0 Å². The maximum atomic E-state index is 14.0. The second-order valence-corrected chi connectivity index (χ2v) is 7.44. The lowest BCUT2D eigenvalue weighted by Crippen LogP contribution is -2.18. The summed E-state index contributed by atoms with van der Waals surface area (Å²) >= 11 is 12.2. The first kappa shape index (κ1) is 20.1. The molecule has 3 nitrogen and oxygen atoms in total. The molecule has 1 heterocycles. The number of hydrogen-bond donors (Lipinski definition) is 1. The van der Waals surface area contributed by atoms with Crippen molar-refractivity contribution in [3.8, 4) is 11.1 Å². The standard InChI is InChI=1S/C24H14Cl2FNO2/c25-15-9-11-20-17(13-15)22(14-5-2-1-3-6-14)23(24(30)28-20)21(29)12-10-16-18(26)7-4-8-19(16)27/h1-13H,(H,28,30)/b12-10+. The summed E-state index contributed by atoms with van der Waals surface area (Å²) < 4.78 is 14.0. The van der Waals surface area contributed by atoms with Gasteiger partial charge in [0.15, 0.2) is 5.78 Å². The third-order valence-corrected chi connectivity index (χ3v) is 5.25. The Morgan fingerprint density at radius 2 is 1.73 bits per heavy atom. The van der Waals surface area contributed by atoms with Crippen LogP contribution in [0.4, 0.5) is 4.39 Å². The molecule has 0 unspecified atom stereocenters. The Bertz CT molecular complexity index is 1340. The molecule has 4 aromatic rings. The van der Waals surface area contributed by atoms with Crippen molar-refractivity contribution < 1.29 is 9.18 Å². The fourth-order valence-electron chi connectivity index (χ4n) is 3.32. The van der Waals surface area contributed by atoms with Gasteiger partial charge in [0.25, 0.3) is 5.56 Å². The Kier molecular flexibility index (Phi) is 5.53. The smallest absolute Gasteiger partial charge is 0.260 e. The highest BCUT2D eigenvalue weighted by molar-refractivity contribution is 6.32. The minimum Gasteiger partial charge on any atom is -0.321 e. The summed E-state index contributed by atoms with van der Waals surface area (Å²) in [6.07, 6.45) is 2.42. The van der Waals surface area contributed by atoms with E-state index in [1.54, 1.807) is 18.2 Å². The van der Waals surface area contributed by atoms with Crippen molar-refractivity contribution in [1.29, 1.82) is 0 Å². The monoisotopic (exact) mass is 437 g/mol. The van der Waals surface area contributed by atoms with Crippen LogP contribution in [0.15, 0.2) is 77.6 Å². The van der Waals surface area contributed by atoms with E-state index in [0.29, 0.717) is 27.1 Å². The number of rotatable bonds is 4. The molecule has 0 aliphatic rings. The van der Waals surface area contributed by atoms with Gasteiger partial charge in [0.05, 0.1) is 10.6 Å². The number of pyridine rings is 1. The lowest BCUT2D eigenvalue weighted by molar-refractivity contribution is 0.104. The molecule has 0 aliphatic carbocycles. The van der Waals surface area contributed by atoms with Gasteiger partial charge in [0.2, 0.25) is 0 Å². The van der Waals surface area contributed by atoms with Crippen molar-refractivity contribution >= 4 is 46.0 Å². The van der Waals surface area contributed by atoms with Gasteiger partial charge in [-0.2, -0.15) is 0 Å². The molecular weight excluding hydrogens is 424 g/mol. The van der Waals surface area contributed by atoms with Gasteiger partial charge in [0, 0.05) is 27.1 Å². The quantitative estimate of drug-likeness (QED) is 0.291. The lowest BCUT2D eigenvalue weighted by atomic mass is 9.94. The van der Waals surface area contributed by atoms with Crippen LogP contribution in [0.1, 0.15) is 15.9 Å². The van der Waals surface area contributed by atoms with Crippen LogP contribution in [-0.2, 0) is 0 Å². The average Bonchev–Trinajstić information content (AvgIpc) is 2.73. The van der Waals surface area contributed by atoms with Crippen LogP contribution in [0, 0.1) is 5.82 Å². The largest absolute Gasteiger partial charge is 0.321 e. The number of carbonyl (C=O) groups is 1. The van der Waals surface area contributed by atoms with Crippen LogP contribution >= 0.6 is 23.2 Å². The minimum atomic E-state index is -0.573. The number of nitrogens with one attached hydrogen (secondary N) is 1. The predicted molar refractivity (Wildman–Crippen MR) is 120 cm³/mol. The Balaban J connectivity index is 1.94. The third-order valence-electron chi connectivity index (χ3n) is 4.69. The van der Waals surface area contributed by atoms with E-state index in [-0.39, 0.29) is 16.1 Å². The Morgan fingerprint density at radius 3 is 2.47 bits per heavy atom. The minimum absolute atomic E-state index is 0.0559. The van der Waals surface area contributed by atoms with Crippen LogP contribution in [0.3, 0.4) is 0 Å². The van der Waals surface area contributed by atoms with Gasteiger partial charge in [-0.3, -0.25) is 9.59 Å². The first-order valence-electron chi connectivity index (χ1n) is 9.03. The highest BCUT2D eigenvalue weighted by Crippen LogP contribution is 2.32. The second-order valence-electron chi connectivity index (χ2n) is 6.59. The van der Waals surface area contributed by atoms with Gasteiger partial charge in [0.1, 0.15) is 5.82 Å². The zero-order valence-corrected chi connectivity index (χ0v) is 17.0. The van der Waals surface area contributed by atoms with Crippen molar-refractivity contribution in [3.05, 3.63) is 110 Å². The molecule has 0 saturated carbocycles. The number of allylic oxidation sites excluding steroid dienone is 1. The molecule has 0 atom stereocenters. The molecule has 0 saturated heterocycles. The summed E-state index contributed by atoms with van der Waals surface area (Å²) in [5.74, 6) is -1.13. The van der Waals surface area contributed by atoms with Crippen LogP contribution in [0.5, 0.6) is 0 Å². The molecule has 3 aromatic carbocycles. The van der Waals surface area contributed by atoms with Gasteiger partial charge in [-0.15, -0.1) is 0 Å². The van der Waals surface area contributed by atoms with Crippen molar-refractivity contribution in [2.24, 2.45) is 0 Å². The number of ketones is 1. The molecule has 0 aliphatic heterocycles. The summed E-state index contributed by atoms with van der Waals surface area (Å²) in [4.78, 5) is 28.7. The molecule has 30 heavy (non-hydrogen) atoms. The molecule has 1 N–H and O–H groups in total. The molecule has 4 rings (SSSR count). The highest BCUT2D eigenvalue weighted by atomic mass is 35.5. The number of benzene rings is 3. The van der Waals surface area contributed by atoms with Crippen molar-refractivity contribution in [2.45, 2.75) is 0 Å². The average molecular weight is 438 g/mol. The summed E-state index contributed by atoms with van der Waals surface area (Å²) in [6, 6.07) is 18.4. The van der Waals surface area contributed by atoms with E-state index < -0.39 is 17.2 Å². The SMILES string of the molecule is O=C(/C=C/c1c(F)cccc1Cl)c1c(-c2ccccc2)c2cc(Cl)ccc2[nH]c1=O. The van der Waals surface area contributed by atoms with E-state index >= 15 is 0 Å². The molecule has 0 fully saturated rings. The molecule has 0 amide bonds. The normalized spacial score (nSPS) is 11.3. The first-order chi connectivity index (χ1) is 14.5. The number of fused-ring (bicyclic) bond motifs is 1. The number of carbonyl (C=O) groups excluding carboxylic acids is 1. The van der Waals surface area contributed by atoms with Gasteiger partial charge in [-0.25, -0.2) is 4.39 Å². The first-order valence-corrected chi connectivity index (χ1v) is 9.78. The van der Waals surface area contributed by atoms with Crippen LogP contribution in [-0.4, -0.2) is 10.8 Å². The van der Waals surface area contributed by atoms with E-state index in [0.717, 1.165) is 6.08 Å². The maximum Gasteiger partial charge on any atom is 0.260 e. The molecule has 0 radical (unpaired) electrons. The number of halogens is 3. The number of aromatic nitrogens is 1. The topological polar surface area (TPSA) is 49.9 Å². The summed E-state index contributed by atoms with van der Waals surface area (Å²) in [5.41, 5.74) is 1.19. The predicted octanol–water partition coefficient (Wildman–Crippen LogP) is 6.54. The second kappa shape index (κ2) is 8.27. The highest BCUT2D eigenvalue weighted by Gasteiger charge is 2.19. The molecule has 1 aromatic heterocycles. The summed E-state index contributed by atoms with van der Waals surface area (Å²) in [5, 5.41) is 1.27. The molecular formula is C24H14Cl2FNO2. The number of H-pyrrole nitrogens is 1. The van der Waals surface area contributed by atoms with Crippen molar-refractivity contribution in [2.75, 3.05) is 0 Å².